The van der Waals surface area contributed by atoms with Crippen molar-refractivity contribution in [1.29, 1.82) is 0 Å². The topological polar surface area (TPSA) is 3.24 Å². The van der Waals surface area contributed by atoms with E-state index in [9.17, 15) is 13.2 Å². The molecule has 2 aromatic rings. The average molecular weight is 293 g/mol. The van der Waals surface area contributed by atoms with Gasteiger partial charge in [-0.15, -0.1) is 0 Å². The zero-order valence-electron chi connectivity index (χ0n) is 12.3. The van der Waals surface area contributed by atoms with Gasteiger partial charge in [0, 0.05) is 16.9 Å². The number of benzene rings is 2. The van der Waals surface area contributed by atoms with Crippen molar-refractivity contribution in [3.8, 4) is 0 Å². The van der Waals surface area contributed by atoms with E-state index in [-0.39, 0.29) is 5.54 Å². The third-order valence-electron chi connectivity index (χ3n) is 3.12. The van der Waals surface area contributed by atoms with Crippen molar-refractivity contribution in [2.75, 3.05) is 4.90 Å². The predicted molar refractivity (Wildman–Crippen MR) is 79.8 cm³/mol. The van der Waals surface area contributed by atoms with Gasteiger partial charge in [0.15, 0.2) is 0 Å². The summed E-state index contributed by atoms with van der Waals surface area (Å²) in [4.78, 5) is 1.90. The van der Waals surface area contributed by atoms with Crippen molar-refractivity contribution < 1.29 is 13.2 Å². The molecule has 0 saturated heterocycles. The summed E-state index contributed by atoms with van der Waals surface area (Å²) in [6.07, 6.45) is -4.34. The van der Waals surface area contributed by atoms with Crippen LogP contribution in [0.2, 0.25) is 0 Å². The van der Waals surface area contributed by atoms with Crippen LogP contribution >= 0.6 is 0 Å². The van der Waals surface area contributed by atoms with Crippen LogP contribution in [0.15, 0.2) is 54.6 Å². The van der Waals surface area contributed by atoms with Crippen molar-refractivity contribution in [2.45, 2.75) is 32.5 Å². The first-order chi connectivity index (χ1) is 9.69. The first-order valence-electron chi connectivity index (χ1n) is 6.72. The SMILES string of the molecule is CC(C)(C)N(c1ccccc1)c1cccc(C(F)(F)F)c1. The summed E-state index contributed by atoms with van der Waals surface area (Å²) >= 11 is 0. The largest absolute Gasteiger partial charge is 0.416 e. The van der Waals surface area contributed by atoms with E-state index < -0.39 is 11.7 Å². The highest BCUT2D eigenvalue weighted by molar-refractivity contribution is 5.66. The normalized spacial score (nSPS) is 12.3. The number of alkyl halides is 3. The maximum absolute atomic E-state index is 12.9. The highest BCUT2D eigenvalue weighted by atomic mass is 19.4. The van der Waals surface area contributed by atoms with Crippen LogP contribution in [0.5, 0.6) is 0 Å². The first kappa shape index (κ1) is 15.4. The van der Waals surface area contributed by atoms with E-state index in [1.54, 1.807) is 6.07 Å². The molecular formula is C17H18F3N. The minimum atomic E-state index is -4.34. The summed E-state index contributed by atoms with van der Waals surface area (Å²) in [7, 11) is 0. The van der Waals surface area contributed by atoms with E-state index in [2.05, 4.69) is 0 Å². The Labute approximate surface area is 123 Å². The molecule has 2 rings (SSSR count). The van der Waals surface area contributed by atoms with Gasteiger partial charge >= 0.3 is 6.18 Å². The van der Waals surface area contributed by atoms with Crippen LogP contribution in [0.1, 0.15) is 26.3 Å². The molecule has 4 heteroatoms. The quantitative estimate of drug-likeness (QED) is 0.692. The summed E-state index contributed by atoms with van der Waals surface area (Å²) in [5, 5.41) is 0. The Bertz CT molecular complexity index is 597. The Morgan fingerprint density at radius 2 is 1.33 bits per heavy atom. The summed E-state index contributed by atoms with van der Waals surface area (Å²) in [5.41, 5.74) is 0.420. The van der Waals surface area contributed by atoms with Gasteiger partial charge in [-0.2, -0.15) is 13.2 Å². The molecule has 0 fully saturated rings. The molecule has 0 N–H and O–H groups in total. The lowest BCUT2D eigenvalue weighted by Gasteiger charge is -2.38. The summed E-state index contributed by atoms with van der Waals surface area (Å²) in [6, 6.07) is 14.9. The molecule has 0 aliphatic rings. The molecule has 0 aliphatic carbocycles. The molecule has 0 unspecified atom stereocenters. The summed E-state index contributed by atoms with van der Waals surface area (Å²) in [5.74, 6) is 0. The van der Waals surface area contributed by atoms with Gasteiger partial charge in [-0.05, 0) is 51.1 Å². The minimum absolute atomic E-state index is 0.342. The predicted octanol–water partition coefficient (Wildman–Crippen LogP) is 5.64. The Balaban J connectivity index is 2.53. The number of rotatable bonds is 2. The number of hydrogen-bond acceptors (Lipinski definition) is 1. The molecule has 0 spiro atoms. The maximum atomic E-state index is 12.9. The molecule has 112 valence electrons. The van der Waals surface area contributed by atoms with E-state index in [4.69, 9.17) is 0 Å². The van der Waals surface area contributed by atoms with Gasteiger partial charge in [-0.25, -0.2) is 0 Å². The zero-order valence-corrected chi connectivity index (χ0v) is 12.3. The third kappa shape index (κ3) is 3.57. The Hall–Kier alpha value is -1.97. The van der Waals surface area contributed by atoms with Crippen LogP contribution in [-0.2, 0) is 6.18 Å². The maximum Gasteiger partial charge on any atom is 0.416 e. The van der Waals surface area contributed by atoms with E-state index in [0.717, 1.165) is 11.8 Å². The van der Waals surface area contributed by atoms with E-state index in [1.165, 1.54) is 12.1 Å². The molecule has 0 atom stereocenters. The second-order valence-electron chi connectivity index (χ2n) is 5.89. The molecule has 0 radical (unpaired) electrons. The molecule has 0 aliphatic heterocycles. The van der Waals surface area contributed by atoms with Gasteiger partial charge in [0.05, 0.1) is 5.56 Å². The Morgan fingerprint density at radius 3 is 1.86 bits per heavy atom. The molecule has 2 aromatic carbocycles. The molecule has 0 saturated carbocycles. The molecule has 0 heterocycles. The van der Waals surface area contributed by atoms with Gasteiger partial charge in [0.1, 0.15) is 0 Å². The van der Waals surface area contributed by atoms with Crippen molar-refractivity contribution in [3.05, 3.63) is 60.2 Å². The molecule has 21 heavy (non-hydrogen) atoms. The highest BCUT2D eigenvalue weighted by Gasteiger charge is 2.32. The lowest BCUT2D eigenvalue weighted by molar-refractivity contribution is -0.137. The van der Waals surface area contributed by atoms with Crippen LogP contribution in [0, 0.1) is 0 Å². The number of hydrogen-bond donors (Lipinski definition) is 0. The number of para-hydroxylation sites is 1. The van der Waals surface area contributed by atoms with Gasteiger partial charge in [0.25, 0.3) is 0 Å². The lowest BCUT2D eigenvalue weighted by atomic mass is 10.0. The van der Waals surface area contributed by atoms with E-state index >= 15 is 0 Å². The van der Waals surface area contributed by atoms with Crippen molar-refractivity contribution in [2.24, 2.45) is 0 Å². The smallest absolute Gasteiger partial charge is 0.336 e. The van der Waals surface area contributed by atoms with Gasteiger partial charge in [-0.3, -0.25) is 0 Å². The summed E-state index contributed by atoms with van der Waals surface area (Å²) in [6.45, 7) is 5.92. The van der Waals surface area contributed by atoms with Crippen LogP contribution in [-0.4, -0.2) is 5.54 Å². The minimum Gasteiger partial charge on any atom is -0.336 e. The molecule has 1 nitrogen and oxygen atoms in total. The van der Waals surface area contributed by atoms with Crippen molar-refractivity contribution in [1.82, 2.24) is 0 Å². The fraction of sp³-hybridized carbons (Fsp3) is 0.294. The second kappa shape index (κ2) is 5.43. The standard InChI is InChI=1S/C17H18F3N/c1-16(2,3)21(14-9-5-4-6-10-14)15-11-7-8-13(12-15)17(18,19)20/h4-12H,1-3H3. The molecular weight excluding hydrogens is 275 g/mol. The highest BCUT2D eigenvalue weighted by Crippen LogP contribution is 2.37. The van der Waals surface area contributed by atoms with Crippen LogP contribution in [0.4, 0.5) is 24.5 Å². The Kier molecular flexibility index (Phi) is 3.99. The fourth-order valence-corrected chi connectivity index (χ4v) is 2.32. The van der Waals surface area contributed by atoms with Crippen LogP contribution in [0.3, 0.4) is 0 Å². The van der Waals surface area contributed by atoms with Crippen LogP contribution in [0.25, 0.3) is 0 Å². The summed E-state index contributed by atoms with van der Waals surface area (Å²) < 4.78 is 38.7. The van der Waals surface area contributed by atoms with Gasteiger partial charge in [0.2, 0.25) is 0 Å². The Morgan fingerprint density at radius 1 is 0.762 bits per heavy atom. The molecule has 0 amide bonds. The second-order valence-corrected chi connectivity index (χ2v) is 5.89. The zero-order chi connectivity index (χ0) is 15.7. The average Bonchev–Trinajstić information content (AvgIpc) is 2.38. The van der Waals surface area contributed by atoms with Gasteiger partial charge < -0.3 is 4.90 Å². The molecule has 0 bridgehead atoms. The van der Waals surface area contributed by atoms with Gasteiger partial charge in [-0.1, -0.05) is 24.3 Å². The van der Waals surface area contributed by atoms with Crippen molar-refractivity contribution in [3.63, 3.8) is 0 Å². The molecule has 0 aromatic heterocycles. The van der Waals surface area contributed by atoms with E-state index in [0.29, 0.717) is 5.69 Å². The number of nitrogens with zero attached hydrogens (tertiary/aromatic N) is 1. The van der Waals surface area contributed by atoms with Crippen molar-refractivity contribution >= 4 is 11.4 Å². The van der Waals surface area contributed by atoms with Crippen LogP contribution < -0.4 is 4.90 Å². The fourth-order valence-electron chi connectivity index (χ4n) is 2.32. The first-order valence-corrected chi connectivity index (χ1v) is 6.72. The monoisotopic (exact) mass is 293 g/mol. The number of halogens is 3. The third-order valence-corrected chi connectivity index (χ3v) is 3.12. The number of anilines is 2. The van der Waals surface area contributed by atoms with E-state index in [1.807, 2.05) is 56.0 Å². The lowest BCUT2D eigenvalue weighted by Crippen LogP contribution is -2.37.